The SMILES string of the molecule is ICCCCCCCCOC1CCCCO1. The van der Waals surface area contributed by atoms with E-state index in [2.05, 4.69) is 22.6 Å². The molecule has 3 heteroatoms. The average molecular weight is 340 g/mol. The molecule has 0 aromatic carbocycles. The molecule has 0 spiro atoms. The third-order valence-corrected chi connectivity index (χ3v) is 3.73. The van der Waals surface area contributed by atoms with Crippen molar-refractivity contribution in [2.24, 2.45) is 0 Å². The number of alkyl halides is 1. The van der Waals surface area contributed by atoms with Crippen LogP contribution in [0.15, 0.2) is 0 Å². The monoisotopic (exact) mass is 340 g/mol. The predicted octanol–water partition coefficient (Wildman–Crippen LogP) is 4.31. The summed E-state index contributed by atoms with van der Waals surface area (Å²) in [5.41, 5.74) is 0. The topological polar surface area (TPSA) is 18.5 Å². The van der Waals surface area contributed by atoms with Gasteiger partial charge in [0.25, 0.3) is 0 Å². The molecule has 1 atom stereocenters. The van der Waals surface area contributed by atoms with E-state index in [0.717, 1.165) is 19.6 Å². The molecule has 0 aliphatic carbocycles. The van der Waals surface area contributed by atoms with Crippen LogP contribution in [0.25, 0.3) is 0 Å². The van der Waals surface area contributed by atoms with Gasteiger partial charge >= 0.3 is 0 Å². The Hall–Kier alpha value is 0.650. The maximum Gasteiger partial charge on any atom is 0.157 e. The standard InChI is InChI=1S/C13H25IO2/c14-10-6-3-1-2-4-7-11-15-13-9-5-8-12-16-13/h13H,1-12H2. The maximum atomic E-state index is 5.69. The molecule has 0 aromatic rings. The quantitative estimate of drug-likeness (QED) is 0.354. The molecule has 0 amide bonds. The van der Waals surface area contributed by atoms with Gasteiger partial charge in [-0.3, -0.25) is 0 Å². The van der Waals surface area contributed by atoms with E-state index >= 15 is 0 Å². The lowest BCUT2D eigenvalue weighted by molar-refractivity contribution is -0.162. The summed E-state index contributed by atoms with van der Waals surface area (Å²) in [5, 5.41) is 0. The van der Waals surface area contributed by atoms with Gasteiger partial charge in [-0.05, 0) is 36.5 Å². The number of unbranched alkanes of at least 4 members (excludes halogenated alkanes) is 5. The second-order valence-corrected chi connectivity index (χ2v) is 5.56. The van der Waals surface area contributed by atoms with Crippen molar-refractivity contribution < 1.29 is 9.47 Å². The number of ether oxygens (including phenoxy) is 2. The minimum absolute atomic E-state index is 0.104. The molecule has 16 heavy (non-hydrogen) atoms. The van der Waals surface area contributed by atoms with E-state index in [0.29, 0.717) is 0 Å². The normalized spacial score (nSPS) is 21.2. The molecular weight excluding hydrogens is 315 g/mol. The highest BCUT2D eigenvalue weighted by atomic mass is 127. The average Bonchev–Trinajstić information content (AvgIpc) is 2.34. The molecule has 1 aliphatic heterocycles. The zero-order valence-electron chi connectivity index (χ0n) is 10.3. The highest BCUT2D eigenvalue weighted by Gasteiger charge is 2.12. The van der Waals surface area contributed by atoms with Crippen LogP contribution in [-0.4, -0.2) is 23.9 Å². The fourth-order valence-electron chi connectivity index (χ4n) is 1.96. The Kier molecular flexibility index (Phi) is 9.91. The lowest BCUT2D eigenvalue weighted by Gasteiger charge is -2.22. The van der Waals surface area contributed by atoms with Crippen LogP contribution in [-0.2, 0) is 9.47 Å². The molecule has 0 aromatic heterocycles. The summed E-state index contributed by atoms with van der Waals surface area (Å²) in [6.07, 6.45) is 11.7. The third kappa shape index (κ3) is 7.85. The second-order valence-electron chi connectivity index (χ2n) is 4.48. The number of halogens is 1. The smallest absolute Gasteiger partial charge is 0.157 e. The van der Waals surface area contributed by atoms with Gasteiger partial charge in [-0.15, -0.1) is 0 Å². The molecule has 1 rings (SSSR count). The molecule has 2 nitrogen and oxygen atoms in total. The van der Waals surface area contributed by atoms with Gasteiger partial charge in [0.1, 0.15) is 0 Å². The van der Waals surface area contributed by atoms with Gasteiger partial charge in [0, 0.05) is 13.2 Å². The Morgan fingerprint density at radius 3 is 2.44 bits per heavy atom. The van der Waals surface area contributed by atoms with Crippen LogP contribution in [0.1, 0.15) is 57.8 Å². The lowest BCUT2D eigenvalue weighted by Crippen LogP contribution is -2.22. The van der Waals surface area contributed by atoms with Crippen molar-refractivity contribution in [3.05, 3.63) is 0 Å². The summed E-state index contributed by atoms with van der Waals surface area (Å²) in [6.45, 7) is 1.78. The minimum Gasteiger partial charge on any atom is -0.353 e. The van der Waals surface area contributed by atoms with E-state index in [9.17, 15) is 0 Å². The maximum absolute atomic E-state index is 5.69. The van der Waals surface area contributed by atoms with Crippen LogP contribution in [0.5, 0.6) is 0 Å². The van der Waals surface area contributed by atoms with Crippen molar-refractivity contribution in [2.75, 3.05) is 17.6 Å². The Balaban J connectivity index is 1.77. The summed E-state index contributed by atoms with van der Waals surface area (Å²) in [4.78, 5) is 0. The largest absolute Gasteiger partial charge is 0.353 e. The lowest BCUT2D eigenvalue weighted by atomic mass is 10.1. The van der Waals surface area contributed by atoms with Crippen molar-refractivity contribution in [3.8, 4) is 0 Å². The summed E-state index contributed by atoms with van der Waals surface area (Å²) in [7, 11) is 0. The zero-order chi connectivity index (χ0) is 11.5. The molecule has 0 bridgehead atoms. The first-order valence-corrected chi connectivity index (χ1v) is 8.25. The van der Waals surface area contributed by atoms with E-state index in [4.69, 9.17) is 9.47 Å². The predicted molar refractivity (Wildman–Crippen MR) is 76.1 cm³/mol. The Morgan fingerprint density at radius 1 is 1.00 bits per heavy atom. The number of hydrogen-bond donors (Lipinski definition) is 0. The van der Waals surface area contributed by atoms with Gasteiger partial charge in [-0.1, -0.05) is 48.3 Å². The van der Waals surface area contributed by atoms with Crippen LogP contribution < -0.4 is 0 Å². The van der Waals surface area contributed by atoms with Crippen molar-refractivity contribution in [3.63, 3.8) is 0 Å². The number of rotatable bonds is 9. The first-order valence-electron chi connectivity index (χ1n) is 6.72. The number of hydrogen-bond acceptors (Lipinski definition) is 2. The first kappa shape index (κ1) is 14.7. The molecule has 1 unspecified atom stereocenters. The molecule has 0 saturated carbocycles. The van der Waals surface area contributed by atoms with E-state index in [-0.39, 0.29) is 6.29 Å². The van der Waals surface area contributed by atoms with E-state index < -0.39 is 0 Å². The van der Waals surface area contributed by atoms with Crippen molar-refractivity contribution in [1.29, 1.82) is 0 Å². The summed E-state index contributed by atoms with van der Waals surface area (Å²) >= 11 is 2.45. The van der Waals surface area contributed by atoms with Gasteiger partial charge in [0.2, 0.25) is 0 Å². The summed E-state index contributed by atoms with van der Waals surface area (Å²) in [6, 6.07) is 0. The zero-order valence-corrected chi connectivity index (χ0v) is 12.4. The van der Waals surface area contributed by atoms with Crippen LogP contribution in [0.2, 0.25) is 0 Å². The van der Waals surface area contributed by atoms with Crippen LogP contribution in [0.4, 0.5) is 0 Å². The molecule has 1 fully saturated rings. The van der Waals surface area contributed by atoms with Gasteiger partial charge in [-0.2, -0.15) is 0 Å². The molecule has 1 saturated heterocycles. The Labute approximate surface area is 114 Å². The van der Waals surface area contributed by atoms with E-state index in [1.807, 2.05) is 0 Å². The third-order valence-electron chi connectivity index (χ3n) is 2.97. The summed E-state index contributed by atoms with van der Waals surface area (Å²) < 4.78 is 12.5. The molecule has 1 heterocycles. The second kappa shape index (κ2) is 10.8. The van der Waals surface area contributed by atoms with Gasteiger partial charge in [-0.25, -0.2) is 0 Å². The minimum atomic E-state index is 0.104. The Bertz CT molecular complexity index is 147. The van der Waals surface area contributed by atoms with Crippen LogP contribution in [0.3, 0.4) is 0 Å². The Morgan fingerprint density at radius 2 is 1.75 bits per heavy atom. The van der Waals surface area contributed by atoms with Gasteiger partial charge in [0.15, 0.2) is 6.29 Å². The van der Waals surface area contributed by atoms with E-state index in [1.165, 1.54) is 55.8 Å². The summed E-state index contributed by atoms with van der Waals surface area (Å²) in [5.74, 6) is 0. The molecule has 96 valence electrons. The molecule has 0 radical (unpaired) electrons. The van der Waals surface area contributed by atoms with Crippen LogP contribution >= 0.6 is 22.6 Å². The molecule has 0 N–H and O–H groups in total. The van der Waals surface area contributed by atoms with Gasteiger partial charge < -0.3 is 9.47 Å². The highest BCUT2D eigenvalue weighted by molar-refractivity contribution is 14.1. The molecular formula is C13H25IO2. The fraction of sp³-hybridized carbons (Fsp3) is 1.00. The first-order chi connectivity index (χ1) is 7.93. The van der Waals surface area contributed by atoms with Crippen molar-refractivity contribution in [2.45, 2.75) is 64.1 Å². The van der Waals surface area contributed by atoms with Crippen molar-refractivity contribution in [1.82, 2.24) is 0 Å². The van der Waals surface area contributed by atoms with Crippen LogP contribution in [0, 0.1) is 0 Å². The van der Waals surface area contributed by atoms with E-state index in [1.54, 1.807) is 0 Å². The van der Waals surface area contributed by atoms with Crippen molar-refractivity contribution >= 4 is 22.6 Å². The highest BCUT2D eigenvalue weighted by Crippen LogP contribution is 2.14. The fourth-order valence-corrected chi connectivity index (χ4v) is 2.50. The van der Waals surface area contributed by atoms with Gasteiger partial charge in [0.05, 0.1) is 0 Å². The molecule has 1 aliphatic rings.